The second kappa shape index (κ2) is 7.73. The zero-order chi connectivity index (χ0) is 22.3. The Kier molecular flexibility index (Phi) is 5.08. The Morgan fingerprint density at radius 1 is 1.19 bits per heavy atom. The van der Waals surface area contributed by atoms with Crippen LogP contribution in [0.5, 0.6) is 5.75 Å². The third kappa shape index (κ3) is 3.80. The number of oxazole rings is 1. The summed E-state index contributed by atoms with van der Waals surface area (Å²) >= 11 is 5.99. The minimum atomic E-state index is -0.533. The van der Waals surface area contributed by atoms with E-state index in [2.05, 4.69) is 10.3 Å². The van der Waals surface area contributed by atoms with E-state index in [0.717, 1.165) is 0 Å². The molecule has 0 fully saturated rings. The summed E-state index contributed by atoms with van der Waals surface area (Å²) in [6, 6.07) is 12.4. The molecule has 0 unspecified atom stereocenters. The zero-order valence-corrected chi connectivity index (χ0v) is 17.2. The van der Waals surface area contributed by atoms with Crippen LogP contribution in [-0.4, -0.2) is 20.9 Å². The lowest BCUT2D eigenvalue weighted by atomic mass is 10.0. The molecule has 8 nitrogen and oxygen atoms in total. The van der Waals surface area contributed by atoms with Crippen LogP contribution in [0.3, 0.4) is 0 Å². The van der Waals surface area contributed by atoms with Gasteiger partial charge in [0.25, 0.3) is 11.6 Å². The number of halogens is 1. The maximum atomic E-state index is 12.8. The van der Waals surface area contributed by atoms with Gasteiger partial charge in [-0.25, -0.2) is 4.98 Å². The highest BCUT2D eigenvalue weighted by molar-refractivity contribution is 6.31. The number of fused-ring (bicyclic) bond motifs is 1. The Hall–Kier alpha value is -3.91. The Labute approximate surface area is 181 Å². The van der Waals surface area contributed by atoms with Crippen molar-refractivity contribution in [2.75, 3.05) is 5.32 Å². The fourth-order valence-corrected chi connectivity index (χ4v) is 3.46. The topological polar surface area (TPSA) is 118 Å². The number of rotatable bonds is 4. The second-order valence-electron chi connectivity index (χ2n) is 6.98. The summed E-state index contributed by atoms with van der Waals surface area (Å²) in [6.07, 6.45) is 0. The van der Waals surface area contributed by atoms with Crippen molar-refractivity contribution in [3.63, 3.8) is 0 Å². The first-order chi connectivity index (χ1) is 14.7. The molecule has 9 heteroatoms. The number of nitro groups is 1. The molecule has 0 aliphatic carbocycles. The van der Waals surface area contributed by atoms with Crippen LogP contribution in [0.1, 0.15) is 21.5 Å². The standard InChI is InChI=1S/C22H16ClN3O5/c1-11-8-14(24-21(28)15-4-3-5-18(12(15)2)26(29)30)10-16(20(11)27)22-25-17-9-13(23)6-7-19(17)31-22/h3-10,27H,1-2H3,(H,24,28). The molecule has 0 saturated heterocycles. The highest BCUT2D eigenvalue weighted by Gasteiger charge is 2.20. The molecule has 31 heavy (non-hydrogen) atoms. The quantitative estimate of drug-likeness (QED) is 0.242. The largest absolute Gasteiger partial charge is 0.507 e. The minimum absolute atomic E-state index is 0.0396. The predicted octanol–water partition coefficient (Wildman–Crippen LogP) is 5.63. The molecule has 0 bridgehead atoms. The number of hydrogen-bond acceptors (Lipinski definition) is 6. The molecular weight excluding hydrogens is 422 g/mol. The van der Waals surface area contributed by atoms with Crippen LogP contribution in [0.4, 0.5) is 11.4 Å². The lowest BCUT2D eigenvalue weighted by molar-refractivity contribution is -0.385. The summed E-state index contributed by atoms with van der Waals surface area (Å²) in [4.78, 5) is 27.8. The molecule has 0 aliphatic rings. The van der Waals surface area contributed by atoms with Gasteiger partial charge in [-0.3, -0.25) is 14.9 Å². The number of aromatic hydroxyl groups is 1. The lowest BCUT2D eigenvalue weighted by Crippen LogP contribution is -2.14. The van der Waals surface area contributed by atoms with Crippen LogP contribution in [0.25, 0.3) is 22.6 Å². The number of carbonyl (C=O) groups excluding carboxylic acids is 1. The number of hydrogen-bond donors (Lipinski definition) is 2. The van der Waals surface area contributed by atoms with E-state index in [1.165, 1.54) is 31.2 Å². The first-order valence-corrected chi connectivity index (χ1v) is 9.58. The number of carbonyl (C=O) groups is 1. The Morgan fingerprint density at radius 2 is 1.97 bits per heavy atom. The van der Waals surface area contributed by atoms with Crippen LogP contribution in [0, 0.1) is 24.0 Å². The number of nitrogens with zero attached hydrogens (tertiary/aromatic N) is 2. The van der Waals surface area contributed by atoms with Crippen molar-refractivity contribution in [2.45, 2.75) is 13.8 Å². The molecule has 1 heterocycles. The molecule has 0 atom stereocenters. The number of amides is 1. The molecule has 3 aromatic carbocycles. The molecular formula is C22H16ClN3O5. The van der Waals surface area contributed by atoms with Crippen molar-refractivity contribution in [3.05, 3.63) is 80.4 Å². The van der Waals surface area contributed by atoms with E-state index in [-0.39, 0.29) is 28.5 Å². The van der Waals surface area contributed by atoms with E-state index in [0.29, 0.717) is 32.9 Å². The number of anilines is 1. The fraction of sp³-hybridized carbons (Fsp3) is 0.0909. The van der Waals surface area contributed by atoms with Crippen LogP contribution in [-0.2, 0) is 0 Å². The molecule has 0 aliphatic heterocycles. The van der Waals surface area contributed by atoms with E-state index in [1.807, 2.05) is 0 Å². The van der Waals surface area contributed by atoms with Crippen molar-refractivity contribution in [2.24, 2.45) is 0 Å². The van der Waals surface area contributed by atoms with Crippen molar-refractivity contribution in [1.82, 2.24) is 4.98 Å². The zero-order valence-electron chi connectivity index (χ0n) is 16.5. The monoisotopic (exact) mass is 437 g/mol. The summed E-state index contributed by atoms with van der Waals surface area (Å²) in [5.74, 6) is -0.385. The maximum Gasteiger partial charge on any atom is 0.273 e. The van der Waals surface area contributed by atoms with Gasteiger partial charge >= 0.3 is 0 Å². The Bertz CT molecular complexity index is 1360. The average Bonchev–Trinajstić information content (AvgIpc) is 3.13. The second-order valence-corrected chi connectivity index (χ2v) is 7.42. The molecule has 0 radical (unpaired) electrons. The van der Waals surface area contributed by atoms with E-state index in [9.17, 15) is 20.0 Å². The van der Waals surface area contributed by atoms with E-state index >= 15 is 0 Å². The lowest BCUT2D eigenvalue weighted by Gasteiger charge is -2.11. The first kappa shape index (κ1) is 20.4. The molecule has 156 valence electrons. The highest BCUT2D eigenvalue weighted by Crippen LogP contribution is 2.36. The third-order valence-corrected chi connectivity index (χ3v) is 5.12. The van der Waals surface area contributed by atoms with E-state index < -0.39 is 10.8 Å². The summed E-state index contributed by atoms with van der Waals surface area (Å²) in [6.45, 7) is 3.19. The normalized spacial score (nSPS) is 10.9. The number of benzene rings is 3. The highest BCUT2D eigenvalue weighted by atomic mass is 35.5. The molecule has 1 amide bonds. The van der Waals surface area contributed by atoms with Crippen LogP contribution in [0.15, 0.2) is 52.9 Å². The average molecular weight is 438 g/mol. The van der Waals surface area contributed by atoms with Crippen molar-refractivity contribution in [3.8, 4) is 17.2 Å². The SMILES string of the molecule is Cc1cc(NC(=O)c2cccc([N+](=O)[O-])c2C)cc(-c2nc3cc(Cl)ccc3o2)c1O. The number of nitrogens with one attached hydrogen (secondary N) is 1. The van der Waals surface area contributed by atoms with Crippen molar-refractivity contribution >= 4 is 40.0 Å². The van der Waals surface area contributed by atoms with Crippen molar-refractivity contribution in [1.29, 1.82) is 0 Å². The number of phenolic OH excluding ortho intramolecular Hbond substituents is 1. The first-order valence-electron chi connectivity index (χ1n) is 9.20. The Morgan fingerprint density at radius 3 is 2.71 bits per heavy atom. The third-order valence-electron chi connectivity index (χ3n) is 4.88. The Balaban J connectivity index is 1.72. The van der Waals surface area contributed by atoms with Gasteiger partial charge in [-0.2, -0.15) is 0 Å². The summed E-state index contributed by atoms with van der Waals surface area (Å²) in [5, 5.41) is 24.9. The molecule has 4 aromatic rings. The molecule has 0 saturated carbocycles. The van der Waals surface area contributed by atoms with Crippen LogP contribution in [0.2, 0.25) is 5.02 Å². The van der Waals surface area contributed by atoms with Gasteiger partial charge < -0.3 is 14.8 Å². The van der Waals surface area contributed by atoms with Gasteiger partial charge in [0.15, 0.2) is 5.58 Å². The fourth-order valence-electron chi connectivity index (χ4n) is 3.30. The number of nitro benzene ring substituents is 1. The van der Waals surface area contributed by atoms with Gasteiger partial charge in [0.1, 0.15) is 11.3 Å². The molecule has 4 rings (SSSR count). The number of aryl methyl sites for hydroxylation is 1. The van der Waals surface area contributed by atoms with E-state index in [1.54, 1.807) is 31.2 Å². The maximum absolute atomic E-state index is 12.8. The minimum Gasteiger partial charge on any atom is -0.507 e. The van der Waals surface area contributed by atoms with E-state index in [4.69, 9.17) is 16.0 Å². The van der Waals surface area contributed by atoms with Crippen LogP contribution < -0.4 is 5.32 Å². The molecule has 2 N–H and O–H groups in total. The van der Waals surface area contributed by atoms with Gasteiger partial charge in [-0.05, 0) is 55.8 Å². The smallest absolute Gasteiger partial charge is 0.273 e. The summed E-state index contributed by atoms with van der Waals surface area (Å²) in [5.41, 5.74) is 2.48. The van der Waals surface area contributed by atoms with Crippen LogP contribution >= 0.6 is 11.6 Å². The number of aromatic nitrogens is 1. The van der Waals surface area contributed by atoms with Gasteiger partial charge in [-0.15, -0.1) is 0 Å². The molecule has 0 spiro atoms. The van der Waals surface area contributed by atoms with Gasteiger partial charge in [0.2, 0.25) is 5.89 Å². The van der Waals surface area contributed by atoms with Gasteiger partial charge in [0.05, 0.1) is 10.5 Å². The number of phenols is 1. The molecule has 1 aromatic heterocycles. The van der Waals surface area contributed by atoms with Gasteiger partial charge in [-0.1, -0.05) is 17.7 Å². The van der Waals surface area contributed by atoms with Gasteiger partial charge in [0, 0.05) is 27.9 Å². The summed E-state index contributed by atoms with van der Waals surface area (Å²) < 4.78 is 5.73. The predicted molar refractivity (Wildman–Crippen MR) is 117 cm³/mol. The van der Waals surface area contributed by atoms with Crippen molar-refractivity contribution < 1.29 is 19.2 Å². The summed E-state index contributed by atoms with van der Waals surface area (Å²) in [7, 11) is 0.